The molecule has 0 aromatic heterocycles. The van der Waals surface area contributed by atoms with E-state index in [1.54, 1.807) is 13.2 Å². The Bertz CT molecular complexity index is 674. The molecule has 0 saturated carbocycles. The fraction of sp³-hybridized carbons (Fsp3) is 0.200. The maximum Gasteiger partial charge on any atom is 0.270 e. The van der Waals surface area contributed by atoms with Gasteiger partial charge in [0.1, 0.15) is 5.75 Å². The maximum absolute atomic E-state index is 10.9. The van der Waals surface area contributed by atoms with Crippen molar-refractivity contribution in [1.82, 2.24) is 0 Å². The number of nitrogens with zero attached hydrogens (tertiary/aromatic N) is 1. The van der Waals surface area contributed by atoms with Crippen LogP contribution in [0.5, 0.6) is 5.75 Å². The molecule has 21 heavy (non-hydrogen) atoms. The van der Waals surface area contributed by atoms with Crippen molar-refractivity contribution >= 4 is 27.3 Å². The lowest BCUT2D eigenvalue weighted by Gasteiger charge is -2.12. The number of anilines is 1. The summed E-state index contributed by atoms with van der Waals surface area (Å²) in [5.74, 6) is 0.741. The van der Waals surface area contributed by atoms with E-state index in [9.17, 15) is 10.1 Å². The molecule has 0 aliphatic carbocycles. The van der Waals surface area contributed by atoms with Gasteiger partial charge in [0.15, 0.2) is 0 Å². The smallest absolute Gasteiger partial charge is 0.270 e. The molecule has 5 nitrogen and oxygen atoms in total. The van der Waals surface area contributed by atoms with Gasteiger partial charge in [0, 0.05) is 23.2 Å². The van der Waals surface area contributed by atoms with Gasteiger partial charge in [0.2, 0.25) is 0 Å². The topological polar surface area (TPSA) is 64.4 Å². The van der Waals surface area contributed by atoms with Crippen LogP contribution in [0.1, 0.15) is 11.1 Å². The van der Waals surface area contributed by atoms with Crippen molar-refractivity contribution in [2.75, 3.05) is 12.4 Å². The summed E-state index contributed by atoms with van der Waals surface area (Å²) in [5, 5.41) is 14.1. The van der Waals surface area contributed by atoms with E-state index in [1.165, 1.54) is 6.07 Å². The number of methoxy groups -OCH3 is 1. The van der Waals surface area contributed by atoms with Gasteiger partial charge in [-0.3, -0.25) is 10.1 Å². The van der Waals surface area contributed by atoms with Crippen LogP contribution in [-0.4, -0.2) is 12.0 Å². The lowest BCUT2D eigenvalue weighted by molar-refractivity contribution is -0.385. The van der Waals surface area contributed by atoms with Crippen molar-refractivity contribution in [3.8, 4) is 5.75 Å². The van der Waals surface area contributed by atoms with Crippen LogP contribution in [-0.2, 0) is 6.54 Å². The van der Waals surface area contributed by atoms with Crippen molar-refractivity contribution < 1.29 is 9.66 Å². The predicted octanol–water partition coefficient (Wildman–Crippen LogP) is 4.29. The van der Waals surface area contributed by atoms with Crippen molar-refractivity contribution in [1.29, 1.82) is 0 Å². The normalized spacial score (nSPS) is 10.2. The number of nitro groups is 1. The summed E-state index contributed by atoms with van der Waals surface area (Å²) < 4.78 is 5.98. The number of nitrogens with one attached hydrogen (secondary N) is 1. The van der Waals surface area contributed by atoms with Crippen molar-refractivity contribution in [2.45, 2.75) is 13.5 Å². The van der Waals surface area contributed by atoms with Gasteiger partial charge in [-0.15, -0.1) is 0 Å². The average Bonchev–Trinajstić information content (AvgIpc) is 2.44. The minimum atomic E-state index is -0.401. The number of hydrogen-bond donors (Lipinski definition) is 1. The summed E-state index contributed by atoms with van der Waals surface area (Å²) >= 11 is 3.29. The second kappa shape index (κ2) is 6.58. The highest BCUT2D eigenvalue weighted by molar-refractivity contribution is 9.10. The first-order valence-corrected chi connectivity index (χ1v) is 7.11. The quantitative estimate of drug-likeness (QED) is 0.645. The van der Waals surface area contributed by atoms with Crippen LogP contribution >= 0.6 is 15.9 Å². The van der Waals surface area contributed by atoms with E-state index in [2.05, 4.69) is 21.2 Å². The number of ether oxygens (including phenoxy) is 1. The van der Waals surface area contributed by atoms with Crippen LogP contribution in [0.15, 0.2) is 40.9 Å². The molecule has 2 rings (SSSR count). The molecule has 0 atom stereocenters. The Balaban J connectivity index is 2.20. The molecule has 0 aliphatic rings. The zero-order chi connectivity index (χ0) is 15.4. The Morgan fingerprint density at radius 2 is 2.05 bits per heavy atom. The van der Waals surface area contributed by atoms with E-state index in [-0.39, 0.29) is 5.69 Å². The lowest BCUT2D eigenvalue weighted by Crippen LogP contribution is -2.02. The second-order valence-electron chi connectivity index (χ2n) is 4.63. The highest BCUT2D eigenvalue weighted by Gasteiger charge is 2.09. The minimum absolute atomic E-state index is 0.0670. The van der Waals surface area contributed by atoms with Crippen molar-refractivity contribution in [3.63, 3.8) is 0 Å². The van der Waals surface area contributed by atoms with Gasteiger partial charge in [-0.25, -0.2) is 0 Å². The fourth-order valence-corrected chi connectivity index (χ4v) is 2.53. The maximum atomic E-state index is 10.9. The van der Waals surface area contributed by atoms with Gasteiger partial charge in [0.05, 0.1) is 17.7 Å². The third-order valence-corrected chi connectivity index (χ3v) is 3.45. The van der Waals surface area contributed by atoms with E-state index in [0.29, 0.717) is 11.0 Å². The Labute approximate surface area is 131 Å². The standard InChI is InChI=1S/C15H15BrN2O3/c1-10-3-4-15(21-2)14(5-10)17-9-11-6-12(16)8-13(7-11)18(19)20/h3-8,17H,9H2,1-2H3. The van der Waals surface area contributed by atoms with Crippen molar-refractivity contribution in [2.24, 2.45) is 0 Å². The van der Waals surface area contributed by atoms with E-state index in [0.717, 1.165) is 22.6 Å². The molecule has 2 aromatic carbocycles. The van der Waals surface area contributed by atoms with Crippen LogP contribution in [0.2, 0.25) is 0 Å². The molecular weight excluding hydrogens is 336 g/mol. The Morgan fingerprint density at radius 3 is 2.71 bits per heavy atom. The minimum Gasteiger partial charge on any atom is -0.495 e. The first-order chi connectivity index (χ1) is 9.99. The molecule has 0 bridgehead atoms. The Morgan fingerprint density at radius 1 is 1.29 bits per heavy atom. The molecule has 0 unspecified atom stereocenters. The number of nitro benzene ring substituents is 1. The number of rotatable bonds is 5. The second-order valence-corrected chi connectivity index (χ2v) is 5.55. The van der Waals surface area contributed by atoms with Crippen LogP contribution < -0.4 is 10.1 Å². The van der Waals surface area contributed by atoms with Gasteiger partial charge in [-0.05, 0) is 36.2 Å². The third-order valence-electron chi connectivity index (χ3n) is 2.99. The molecule has 2 aromatic rings. The highest BCUT2D eigenvalue weighted by atomic mass is 79.9. The zero-order valence-electron chi connectivity index (χ0n) is 11.7. The van der Waals surface area contributed by atoms with Crippen LogP contribution in [0.25, 0.3) is 0 Å². The summed E-state index contributed by atoms with van der Waals surface area (Å²) in [7, 11) is 1.61. The molecule has 0 heterocycles. The molecule has 6 heteroatoms. The molecule has 1 N–H and O–H groups in total. The van der Waals surface area contributed by atoms with Gasteiger partial charge in [-0.2, -0.15) is 0 Å². The molecule has 0 aliphatic heterocycles. The number of benzene rings is 2. The monoisotopic (exact) mass is 350 g/mol. The van der Waals surface area contributed by atoms with Crippen LogP contribution in [0, 0.1) is 17.0 Å². The number of non-ortho nitro benzene ring substituents is 1. The first kappa shape index (κ1) is 15.3. The van der Waals surface area contributed by atoms with Gasteiger partial charge in [0.25, 0.3) is 5.69 Å². The van der Waals surface area contributed by atoms with E-state index < -0.39 is 4.92 Å². The highest BCUT2D eigenvalue weighted by Crippen LogP contribution is 2.27. The number of aryl methyl sites for hydroxylation is 1. The summed E-state index contributed by atoms with van der Waals surface area (Å²) in [5.41, 5.74) is 2.86. The summed E-state index contributed by atoms with van der Waals surface area (Å²) in [6.07, 6.45) is 0. The molecule has 0 amide bonds. The SMILES string of the molecule is COc1ccc(C)cc1NCc1cc(Br)cc([N+](=O)[O-])c1. The Hall–Kier alpha value is -2.08. The van der Waals surface area contributed by atoms with E-state index in [1.807, 2.05) is 31.2 Å². The van der Waals surface area contributed by atoms with Crippen LogP contribution in [0.4, 0.5) is 11.4 Å². The average molecular weight is 351 g/mol. The molecule has 0 saturated heterocycles. The zero-order valence-corrected chi connectivity index (χ0v) is 13.3. The van der Waals surface area contributed by atoms with Gasteiger partial charge >= 0.3 is 0 Å². The molecule has 110 valence electrons. The van der Waals surface area contributed by atoms with Gasteiger partial charge in [-0.1, -0.05) is 22.0 Å². The Kier molecular flexibility index (Phi) is 4.80. The summed E-state index contributed by atoms with van der Waals surface area (Å²) in [6.45, 7) is 2.47. The number of hydrogen-bond acceptors (Lipinski definition) is 4. The molecular formula is C15H15BrN2O3. The first-order valence-electron chi connectivity index (χ1n) is 6.32. The predicted molar refractivity (Wildman–Crippen MR) is 85.9 cm³/mol. The van der Waals surface area contributed by atoms with Crippen molar-refractivity contribution in [3.05, 3.63) is 62.1 Å². The lowest BCUT2D eigenvalue weighted by atomic mass is 10.1. The summed E-state index contributed by atoms with van der Waals surface area (Å²) in [6, 6.07) is 10.7. The van der Waals surface area contributed by atoms with Gasteiger partial charge < -0.3 is 10.1 Å². The summed E-state index contributed by atoms with van der Waals surface area (Å²) in [4.78, 5) is 10.5. The third kappa shape index (κ3) is 3.95. The molecule has 0 radical (unpaired) electrons. The fourth-order valence-electron chi connectivity index (χ4n) is 2.00. The van der Waals surface area contributed by atoms with Crippen LogP contribution in [0.3, 0.4) is 0 Å². The van der Waals surface area contributed by atoms with E-state index >= 15 is 0 Å². The molecule has 0 spiro atoms. The van der Waals surface area contributed by atoms with E-state index in [4.69, 9.17) is 4.74 Å². The molecule has 0 fully saturated rings. The number of halogens is 1. The largest absolute Gasteiger partial charge is 0.495 e.